The Morgan fingerprint density at radius 1 is 0.825 bits per heavy atom. The van der Waals surface area contributed by atoms with Crippen LogP contribution in [0.4, 0.5) is 0 Å². The second-order valence-electron chi connectivity index (χ2n) is 15.1. The van der Waals surface area contributed by atoms with Crippen LogP contribution in [0, 0.1) is 34.5 Å². The summed E-state index contributed by atoms with van der Waals surface area (Å²) in [5, 5.41) is 0. The first-order chi connectivity index (χ1) is 19.3. The van der Waals surface area contributed by atoms with E-state index in [1.165, 1.54) is 128 Å². The third-order valence-corrected chi connectivity index (χ3v) is 11.8. The van der Waals surface area contributed by atoms with Crippen molar-refractivity contribution in [2.75, 3.05) is 6.61 Å². The van der Waals surface area contributed by atoms with Crippen LogP contribution in [-0.2, 0) is 9.53 Å². The molecule has 232 valence electrons. The minimum atomic E-state index is -0.307. The molecule has 3 aliphatic carbocycles. The van der Waals surface area contributed by atoms with E-state index in [0.717, 1.165) is 31.1 Å². The van der Waals surface area contributed by atoms with Crippen LogP contribution in [0.25, 0.3) is 0 Å². The van der Waals surface area contributed by atoms with Gasteiger partial charge >= 0.3 is 5.97 Å². The quantitative estimate of drug-likeness (QED) is 0.0898. The van der Waals surface area contributed by atoms with Crippen molar-refractivity contribution in [3.05, 3.63) is 11.6 Å². The summed E-state index contributed by atoms with van der Waals surface area (Å²) in [4.78, 5) is 13.5. The highest BCUT2D eigenvalue weighted by atomic mass is 16.5. The molecule has 3 rings (SSSR count). The molecule has 0 aromatic heterocycles. The van der Waals surface area contributed by atoms with Crippen LogP contribution in [0.3, 0.4) is 0 Å². The van der Waals surface area contributed by atoms with E-state index in [9.17, 15) is 4.79 Å². The van der Waals surface area contributed by atoms with E-state index < -0.39 is 0 Å². The predicted molar refractivity (Wildman–Crippen MR) is 172 cm³/mol. The molecule has 2 heteroatoms. The minimum absolute atomic E-state index is 0.108. The number of ether oxygens (including phenoxy) is 1. The Balaban J connectivity index is 1.26. The van der Waals surface area contributed by atoms with Gasteiger partial charge in [0.25, 0.3) is 0 Å². The Labute approximate surface area is 250 Å². The van der Waals surface area contributed by atoms with E-state index in [4.69, 9.17) is 4.74 Å². The molecule has 2 unspecified atom stereocenters. The van der Waals surface area contributed by atoms with Crippen molar-refractivity contribution in [2.24, 2.45) is 34.5 Å². The Morgan fingerprint density at radius 3 is 1.93 bits per heavy atom. The van der Waals surface area contributed by atoms with Crippen molar-refractivity contribution >= 4 is 5.97 Å². The maximum absolute atomic E-state index is 13.5. The van der Waals surface area contributed by atoms with Gasteiger partial charge in [0.1, 0.15) is 0 Å². The first-order valence-electron chi connectivity index (χ1n) is 18.2. The molecular formula is C38H68O2. The number of esters is 1. The van der Waals surface area contributed by atoms with Crippen LogP contribution in [0.5, 0.6) is 0 Å². The van der Waals surface area contributed by atoms with Gasteiger partial charge in [-0.2, -0.15) is 0 Å². The summed E-state index contributed by atoms with van der Waals surface area (Å²) in [5.41, 5.74) is 1.69. The summed E-state index contributed by atoms with van der Waals surface area (Å²) in [6.07, 6.45) is 33.1. The van der Waals surface area contributed by atoms with E-state index in [-0.39, 0.29) is 16.8 Å². The molecular weight excluding hydrogens is 488 g/mol. The molecule has 0 aromatic carbocycles. The van der Waals surface area contributed by atoms with E-state index >= 15 is 0 Å². The molecule has 0 heterocycles. The Hall–Kier alpha value is -0.790. The highest BCUT2D eigenvalue weighted by Crippen LogP contribution is 2.63. The van der Waals surface area contributed by atoms with Gasteiger partial charge in [-0.05, 0) is 81.0 Å². The lowest BCUT2D eigenvalue weighted by atomic mass is 9.46. The van der Waals surface area contributed by atoms with Gasteiger partial charge in [0.2, 0.25) is 0 Å². The van der Waals surface area contributed by atoms with Crippen molar-refractivity contribution in [2.45, 2.75) is 182 Å². The first kappa shape index (κ1) is 33.7. The van der Waals surface area contributed by atoms with E-state index in [0.29, 0.717) is 18.4 Å². The molecule has 0 aliphatic heterocycles. The highest BCUT2D eigenvalue weighted by molar-refractivity contribution is 5.77. The summed E-state index contributed by atoms with van der Waals surface area (Å²) in [6.45, 7) is 12.5. The standard InChI is InChI=1S/C38H68O2/c1-6-7-8-9-10-11-12-13-14-15-16-17-18-19-20-21-29-40-36(39)38(5)28-22-27-37(4)34-25-23-32(31(2)3)30-33(34)24-26-35(37)38/h24,31-32,34-35H,6-23,25-30H2,1-5H3/t32?,34-,35?,37-,38+/m1/s1. The van der Waals surface area contributed by atoms with Crippen molar-refractivity contribution in [1.82, 2.24) is 0 Å². The normalized spacial score (nSPS) is 30.1. The largest absolute Gasteiger partial charge is 0.465 e. The van der Waals surface area contributed by atoms with Crippen molar-refractivity contribution < 1.29 is 9.53 Å². The van der Waals surface area contributed by atoms with Crippen molar-refractivity contribution in [3.63, 3.8) is 0 Å². The lowest BCUT2D eigenvalue weighted by Crippen LogP contribution is -2.54. The molecule has 0 aromatic rings. The summed E-state index contributed by atoms with van der Waals surface area (Å²) in [5.74, 6) is 2.87. The molecule has 3 aliphatic rings. The Kier molecular flexibility index (Phi) is 14.6. The molecule has 40 heavy (non-hydrogen) atoms. The van der Waals surface area contributed by atoms with Gasteiger partial charge in [-0.25, -0.2) is 0 Å². The van der Waals surface area contributed by atoms with Crippen LogP contribution >= 0.6 is 0 Å². The number of hydrogen-bond donors (Lipinski definition) is 0. The first-order valence-corrected chi connectivity index (χ1v) is 18.2. The second kappa shape index (κ2) is 17.4. The zero-order valence-electron chi connectivity index (χ0n) is 27.7. The van der Waals surface area contributed by atoms with Crippen LogP contribution in [-0.4, -0.2) is 12.6 Å². The summed E-state index contributed by atoms with van der Waals surface area (Å²) < 4.78 is 6.02. The molecule has 0 N–H and O–H groups in total. The topological polar surface area (TPSA) is 26.3 Å². The summed E-state index contributed by atoms with van der Waals surface area (Å²) in [6, 6.07) is 0. The zero-order valence-corrected chi connectivity index (χ0v) is 27.7. The maximum Gasteiger partial charge on any atom is 0.312 e. The average Bonchev–Trinajstić information content (AvgIpc) is 2.94. The molecule has 2 saturated carbocycles. The molecule has 0 bridgehead atoms. The van der Waals surface area contributed by atoms with Gasteiger partial charge in [-0.1, -0.05) is 142 Å². The van der Waals surface area contributed by atoms with Crippen molar-refractivity contribution in [1.29, 1.82) is 0 Å². The van der Waals surface area contributed by atoms with Crippen LogP contribution in [0.2, 0.25) is 0 Å². The van der Waals surface area contributed by atoms with Gasteiger partial charge in [-0.3, -0.25) is 4.79 Å². The lowest BCUT2D eigenvalue weighted by Gasteiger charge is -2.58. The highest BCUT2D eigenvalue weighted by Gasteiger charge is 2.58. The number of carbonyl (C=O) groups excluding carboxylic acids is 1. The molecule has 0 spiro atoms. The molecule has 0 saturated heterocycles. The smallest absolute Gasteiger partial charge is 0.312 e. The van der Waals surface area contributed by atoms with Crippen LogP contribution < -0.4 is 0 Å². The fourth-order valence-electron chi connectivity index (χ4n) is 9.01. The van der Waals surface area contributed by atoms with Crippen molar-refractivity contribution in [3.8, 4) is 0 Å². The van der Waals surface area contributed by atoms with Gasteiger partial charge in [0, 0.05) is 0 Å². The third kappa shape index (κ3) is 9.36. The van der Waals surface area contributed by atoms with E-state index in [1.807, 2.05) is 0 Å². The summed E-state index contributed by atoms with van der Waals surface area (Å²) >= 11 is 0. The SMILES string of the molecule is CCCCCCCCCCCCCCCCCCOC(=O)[C@@]1(C)CCC[C@@]2(C)C1CC=C1CC(C(C)C)CC[C@H]12. The number of allylic oxidation sites excluding steroid dienone is 2. The van der Waals surface area contributed by atoms with Gasteiger partial charge in [0.05, 0.1) is 12.0 Å². The Morgan fingerprint density at radius 2 is 1.38 bits per heavy atom. The number of fused-ring (bicyclic) bond motifs is 3. The molecule has 2 fully saturated rings. The average molecular weight is 557 g/mol. The monoisotopic (exact) mass is 557 g/mol. The maximum atomic E-state index is 13.5. The number of rotatable bonds is 19. The zero-order chi connectivity index (χ0) is 28.8. The van der Waals surface area contributed by atoms with Crippen LogP contribution in [0.1, 0.15) is 182 Å². The number of carbonyl (C=O) groups is 1. The van der Waals surface area contributed by atoms with E-state index in [1.54, 1.807) is 5.57 Å². The number of unbranched alkanes of at least 4 members (excludes halogenated alkanes) is 15. The fourth-order valence-corrected chi connectivity index (χ4v) is 9.01. The van der Waals surface area contributed by atoms with Gasteiger partial charge in [0.15, 0.2) is 0 Å². The predicted octanol–water partition coefficient (Wildman–Crippen LogP) is 12.0. The van der Waals surface area contributed by atoms with Gasteiger partial charge < -0.3 is 4.74 Å². The lowest BCUT2D eigenvalue weighted by molar-refractivity contribution is -0.170. The summed E-state index contributed by atoms with van der Waals surface area (Å²) in [7, 11) is 0. The Bertz CT molecular complexity index is 753. The van der Waals surface area contributed by atoms with Gasteiger partial charge in [-0.15, -0.1) is 0 Å². The van der Waals surface area contributed by atoms with E-state index in [2.05, 4.69) is 40.7 Å². The molecule has 5 atom stereocenters. The van der Waals surface area contributed by atoms with Crippen LogP contribution in [0.15, 0.2) is 11.6 Å². The number of hydrogen-bond acceptors (Lipinski definition) is 2. The third-order valence-electron chi connectivity index (χ3n) is 11.8. The molecule has 0 amide bonds. The molecule has 2 nitrogen and oxygen atoms in total. The fraction of sp³-hybridized carbons (Fsp3) is 0.921. The molecule has 0 radical (unpaired) electrons. The minimum Gasteiger partial charge on any atom is -0.465 e. The second-order valence-corrected chi connectivity index (χ2v) is 15.1.